The smallest absolute Gasteiger partial charge is 0.277 e. The molecule has 4 aromatic rings. The highest BCUT2D eigenvalue weighted by atomic mass is 32.1. The Balaban J connectivity index is 1.47. The molecule has 3 heterocycles. The number of aromatic nitrogens is 2. The van der Waals surface area contributed by atoms with Gasteiger partial charge in [0.05, 0.1) is 23.2 Å². The molecule has 0 aliphatic carbocycles. The van der Waals surface area contributed by atoms with Crippen molar-refractivity contribution in [1.29, 1.82) is 0 Å². The van der Waals surface area contributed by atoms with E-state index in [1.54, 1.807) is 42.6 Å². The molecule has 0 atom stereocenters. The van der Waals surface area contributed by atoms with Crippen LogP contribution >= 0.6 is 11.3 Å². The maximum Gasteiger partial charge on any atom is 0.277 e. The van der Waals surface area contributed by atoms with Crippen molar-refractivity contribution in [2.75, 3.05) is 17.7 Å². The highest BCUT2D eigenvalue weighted by molar-refractivity contribution is 7.13. The van der Waals surface area contributed by atoms with Crippen LogP contribution in [-0.4, -0.2) is 29.1 Å². The lowest BCUT2D eigenvalue weighted by atomic mass is 10.2. The first kappa shape index (κ1) is 19.3. The number of benzene rings is 1. The van der Waals surface area contributed by atoms with Crippen molar-refractivity contribution in [2.24, 2.45) is 0 Å². The van der Waals surface area contributed by atoms with Crippen molar-refractivity contribution >= 4 is 34.5 Å². The van der Waals surface area contributed by atoms with Gasteiger partial charge < -0.3 is 19.9 Å². The third kappa shape index (κ3) is 4.20. The van der Waals surface area contributed by atoms with Crippen LogP contribution in [0.15, 0.2) is 70.8 Å². The predicted octanol–water partition coefficient (Wildman–Crippen LogP) is 4.31. The van der Waals surface area contributed by atoms with E-state index in [2.05, 4.69) is 20.8 Å². The first-order chi connectivity index (χ1) is 14.6. The predicted molar refractivity (Wildman–Crippen MR) is 113 cm³/mol. The van der Waals surface area contributed by atoms with Crippen molar-refractivity contribution < 1.29 is 18.8 Å². The van der Waals surface area contributed by atoms with Crippen molar-refractivity contribution in [3.05, 3.63) is 77.6 Å². The highest BCUT2D eigenvalue weighted by Crippen LogP contribution is 2.29. The molecule has 3 aromatic heterocycles. The molecule has 9 heteroatoms. The molecule has 0 radical (unpaired) electrons. The summed E-state index contributed by atoms with van der Waals surface area (Å²) in [6.45, 7) is 0. The summed E-state index contributed by atoms with van der Waals surface area (Å²) in [5.41, 5.74) is 1.53. The fraction of sp³-hybridized carbons (Fsp3) is 0.0476. The average Bonchev–Trinajstić information content (AvgIpc) is 3.47. The topological polar surface area (TPSA) is 106 Å². The fourth-order valence-electron chi connectivity index (χ4n) is 2.68. The van der Waals surface area contributed by atoms with E-state index < -0.39 is 5.91 Å². The second-order valence-electron chi connectivity index (χ2n) is 6.12. The summed E-state index contributed by atoms with van der Waals surface area (Å²) in [7, 11) is 1.48. The zero-order valence-electron chi connectivity index (χ0n) is 15.8. The van der Waals surface area contributed by atoms with Crippen LogP contribution in [-0.2, 0) is 0 Å². The summed E-state index contributed by atoms with van der Waals surface area (Å²) >= 11 is 1.49. The zero-order chi connectivity index (χ0) is 20.9. The molecule has 150 valence electrons. The SMILES string of the molecule is COc1cc(NC(=O)c2cc(-c3cccs3)on2)ccc1NC(=O)c1cccnc1. The first-order valence-electron chi connectivity index (χ1n) is 8.85. The molecule has 1 aromatic carbocycles. The lowest BCUT2D eigenvalue weighted by Crippen LogP contribution is -2.14. The standard InChI is InChI=1S/C21H16N4O4S/c1-28-17-10-14(6-7-15(17)24-20(26)13-4-2-8-22-12-13)23-21(27)16-11-18(29-25-16)19-5-3-9-30-19/h2-12H,1H3,(H,23,27)(H,24,26). The van der Waals surface area contributed by atoms with Gasteiger partial charge in [-0.3, -0.25) is 14.6 Å². The quantitative estimate of drug-likeness (QED) is 0.481. The van der Waals surface area contributed by atoms with Gasteiger partial charge >= 0.3 is 0 Å². The molecular weight excluding hydrogens is 404 g/mol. The Morgan fingerprint density at radius 1 is 1.07 bits per heavy atom. The number of hydrogen-bond donors (Lipinski definition) is 2. The third-order valence-corrected chi connectivity index (χ3v) is 5.02. The van der Waals surface area contributed by atoms with Gasteiger partial charge in [0.1, 0.15) is 5.75 Å². The van der Waals surface area contributed by atoms with Gasteiger partial charge in [0.25, 0.3) is 11.8 Å². The van der Waals surface area contributed by atoms with E-state index in [9.17, 15) is 9.59 Å². The molecular formula is C21H16N4O4S. The van der Waals surface area contributed by atoms with Gasteiger partial charge in [0.15, 0.2) is 11.5 Å². The molecule has 0 saturated heterocycles. The van der Waals surface area contributed by atoms with E-state index in [0.717, 1.165) is 4.88 Å². The molecule has 2 N–H and O–H groups in total. The Labute approximate surface area is 175 Å². The molecule has 4 rings (SSSR count). The van der Waals surface area contributed by atoms with E-state index in [1.165, 1.54) is 24.6 Å². The first-order valence-corrected chi connectivity index (χ1v) is 9.73. The Morgan fingerprint density at radius 2 is 1.97 bits per heavy atom. The van der Waals surface area contributed by atoms with Gasteiger partial charge in [-0.05, 0) is 35.7 Å². The summed E-state index contributed by atoms with van der Waals surface area (Å²) in [6.07, 6.45) is 3.06. The van der Waals surface area contributed by atoms with Gasteiger partial charge in [0, 0.05) is 30.2 Å². The Bertz CT molecular complexity index is 1170. The Morgan fingerprint density at radius 3 is 2.70 bits per heavy atom. The molecule has 0 saturated carbocycles. The number of carbonyl (C=O) groups excluding carboxylic acids is 2. The van der Waals surface area contributed by atoms with Crippen LogP contribution in [0.3, 0.4) is 0 Å². The molecule has 0 aliphatic heterocycles. The second-order valence-corrected chi connectivity index (χ2v) is 7.07. The molecule has 0 unspecified atom stereocenters. The number of methoxy groups -OCH3 is 1. The number of nitrogens with one attached hydrogen (secondary N) is 2. The number of amides is 2. The van der Waals surface area contributed by atoms with Crippen molar-refractivity contribution in [2.45, 2.75) is 0 Å². The molecule has 8 nitrogen and oxygen atoms in total. The van der Waals surface area contributed by atoms with E-state index in [-0.39, 0.29) is 11.6 Å². The maximum absolute atomic E-state index is 12.5. The minimum atomic E-state index is -0.421. The van der Waals surface area contributed by atoms with E-state index >= 15 is 0 Å². The highest BCUT2D eigenvalue weighted by Gasteiger charge is 2.16. The Hall–Kier alpha value is -3.98. The van der Waals surface area contributed by atoms with Gasteiger partial charge in [0.2, 0.25) is 0 Å². The Kier molecular flexibility index (Phi) is 5.53. The maximum atomic E-state index is 12.5. The number of carbonyl (C=O) groups is 2. The molecule has 0 aliphatic rings. The molecule has 0 spiro atoms. The molecule has 0 bridgehead atoms. The molecule has 0 fully saturated rings. The monoisotopic (exact) mass is 420 g/mol. The second kappa shape index (κ2) is 8.58. The van der Waals surface area contributed by atoms with Gasteiger partial charge in [-0.1, -0.05) is 11.2 Å². The number of pyridine rings is 1. The average molecular weight is 420 g/mol. The summed E-state index contributed by atoms with van der Waals surface area (Å²) in [5.74, 6) is 0.184. The fourth-order valence-corrected chi connectivity index (χ4v) is 3.35. The number of nitrogens with zero attached hydrogens (tertiary/aromatic N) is 2. The lowest BCUT2D eigenvalue weighted by molar-refractivity contribution is 0.101. The number of hydrogen-bond acceptors (Lipinski definition) is 7. The van der Waals surface area contributed by atoms with Gasteiger partial charge in [-0.2, -0.15) is 0 Å². The van der Waals surface area contributed by atoms with E-state index in [4.69, 9.17) is 9.26 Å². The van der Waals surface area contributed by atoms with Crippen LogP contribution in [0.25, 0.3) is 10.6 Å². The summed E-state index contributed by atoms with van der Waals surface area (Å²) < 4.78 is 10.6. The van der Waals surface area contributed by atoms with Crippen LogP contribution in [0, 0.1) is 0 Å². The zero-order valence-corrected chi connectivity index (χ0v) is 16.6. The van der Waals surface area contributed by atoms with Crippen LogP contribution < -0.4 is 15.4 Å². The van der Waals surface area contributed by atoms with Crippen LogP contribution in [0.1, 0.15) is 20.8 Å². The van der Waals surface area contributed by atoms with Gasteiger partial charge in [-0.25, -0.2) is 0 Å². The van der Waals surface area contributed by atoms with Crippen LogP contribution in [0.4, 0.5) is 11.4 Å². The van der Waals surface area contributed by atoms with Gasteiger partial charge in [-0.15, -0.1) is 11.3 Å². The summed E-state index contributed by atoms with van der Waals surface area (Å²) in [6, 6.07) is 13.6. The molecule has 2 amide bonds. The summed E-state index contributed by atoms with van der Waals surface area (Å²) in [5, 5.41) is 11.3. The number of rotatable bonds is 6. The van der Waals surface area contributed by atoms with Crippen molar-refractivity contribution in [3.8, 4) is 16.4 Å². The largest absolute Gasteiger partial charge is 0.494 e. The number of anilines is 2. The number of ether oxygens (including phenoxy) is 1. The minimum absolute atomic E-state index is 0.159. The third-order valence-electron chi connectivity index (χ3n) is 4.14. The molecule has 30 heavy (non-hydrogen) atoms. The van der Waals surface area contributed by atoms with E-state index in [1.807, 2.05) is 17.5 Å². The normalized spacial score (nSPS) is 10.4. The van der Waals surface area contributed by atoms with Crippen molar-refractivity contribution in [1.82, 2.24) is 10.1 Å². The van der Waals surface area contributed by atoms with Crippen LogP contribution in [0.5, 0.6) is 5.75 Å². The minimum Gasteiger partial charge on any atom is -0.494 e. The van der Waals surface area contributed by atoms with Crippen molar-refractivity contribution in [3.63, 3.8) is 0 Å². The number of thiophene rings is 1. The summed E-state index contributed by atoms with van der Waals surface area (Å²) in [4.78, 5) is 29.6. The lowest BCUT2D eigenvalue weighted by Gasteiger charge is -2.12. The van der Waals surface area contributed by atoms with E-state index in [0.29, 0.717) is 28.4 Å². The van der Waals surface area contributed by atoms with Crippen LogP contribution in [0.2, 0.25) is 0 Å².